The molecule has 0 aromatic rings. The lowest BCUT2D eigenvalue weighted by molar-refractivity contribution is -0.145. The van der Waals surface area contributed by atoms with Crippen LogP contribution < -0.4 is 5.73 Å². The van der Waals surface area contributed by atoms with Gasteiger partial charge >= 0.3 is 5.97 Å². The van der Waals surface area contributed by atoms with Gasteiger partial charge in [-0.15, -0.1) is 0 Å². The average Bonchev–Trinajstić information content (AvgIpc) is 2.17. The van der Waals surface area contributed by atoms with E-state index in [2.05, 4.69) is 0 Å². The molecule has 1 fully saturated rings. The van der Waals surface area contributed by atoms with Crippen LogP contribution in [0.2, 0.25) is 0 Å². The number of piperidine rings is 1. The number of carbonyl (C=O) groups excluding carboxylic acids is 2. The van der Waals surface area contributed by atoms with Crippen molar-refractivity contribution in [1.29, 1.82) is 0 Å². The Bertz CT molecular complexity index is 282. The lowest BCUT2D eigenvalue weighted by Crippen LogP contribution is -2.42. The van der Waals surface area contributed by atoms with E-state index in [0.29, 0.717) is 25.9 Å². The van der Waals surface area contributed by atoms with Crippen molar-refractivity contribution in [3.8, 4) is 0 Å². The van der Waals surface area contributed by atoms with Crippen LogP contribution in [-0.4, -0.2) is 40.9 Å². The lowest BCUT2D eigenvalue weighted by atomic mass is 9.96. The third kappa shape index (κ3) is 3.23. The SMILES string of the molecule is NC(=O)C1CCN(C(=O)CC(=O)O)CC1. The quantitative estimate of drug-likeness (QED) is 0.599. The zero-order chi connectivity index (χ0) is 11.4. The number of hydrogen-bond acceptors (Lipinski definition) is 3. The molecule has 1 aliphatic heterocycles. The molecule has 0 radical (unpaired) electrons. The summed E-state index contributed by atoms with van der Waals surface area (Å²) in [6.07, 6.45) is 0.572. The Morgan fingerprint density at radius 3 is 2.20 bits per heavy atom. The van der Waals surface area contributed by atoms with Crippen LogP contribution in [0.3, 0.4) is 0 Å². The highest BCUT2D eigenvalue weighted by Gasteiger charge is 2.26. The molecule has 0 aromatic carbocycles. The number of aliphatic carboxylic acids is 1. The van der Waals surface area contributed by atoms with Crippen LogP contribution in [-0.2, 0) is 14.4 Å². The van der Waals surface area contributed by atoms with E-state index in [4.69, 9.17) is 10.8 Å². The Morgan fingerprint density at radius 1 is 1.27 bits per heavy atom. The van der Waals surface area contributed by atoms with E-state index in [0.717, 1.165) is 0 Å². The van der Waals surface area contributed by atoms with Gasteiger partial charge < -0.3 is 15.7 Å². The van der Waals surface area contributed by atoms with Crippen molar-refractivity contribution in [2.24, 2.45) is 11.7 Å². The van der Waals surface area contributed by atoms with E-state index in [1.807, 2.05) is 0 Å². The number of likely N-dealkylation sites (tertiary alicyclic amines) is 1. The summed E-state index contributed by atoms with van der Waals surface area (Å²) in [7, 11) is 0. The van der Waals surface area contributed by atoms with Crippen LogP contribution in [0.15, 0.2) is 0 Å². The summed E-state index contributed by atoms with van der Waals surface area (Å²) in [5, 5.41) is 8.43. The van der Waals surface area contributed by atoms with Gasteiger partial charge in [0.15, 0.2) is 0 Å². The Kier molecular flexibility index (Phi) is 3.65. The largest absolute Gasteiger partial charge is 0.481 e. The molecule has 2 amide bonds. The number of amides is 2. The fraction of sp³-hybridized carbons (Fsp3) is 0.667. The molecule has 1 saturated heterocycles. The topological polar surface area (TPSA) is 101 Å². The maximum atomic E-state index is 11.3. The van der Waals surface area contributed by atoms with Crippen LogP contribution in [0.5, 0.6) is 0 Å². The smallest absolute Gasteiger partial charge is 0.312 e. The summed E-state index contributed by atoms with van der Waals surface area (Å²) in [6, 6.07) is 0. The summed E-state index contributed by atoms with van der Waals surface area (Å²) in [5.74, 6) is -2.05. The average molecular weight is 214 g/mol. The summed E-state index contributed by atoms with van der Waals surface area (Å²) in [6.45, 7) is 0.833. The molecule has 0 spiro atoms. The molecule has 6 nitrogen and oxygen atoms in total. The number of nitrogens with zero attached hydrogens (tertiary/aromatic N) is 1. The first-order valence-electron chi connectivity index (χ1n) is 4.79. The molecule has 0 aromatic heterocycles. The van der Waals surface area contributed by atoms with E-state index < -0.39 is 18.3 Å². The van der Waals surface area contributed by atoms with Gasteiger partial charge in [-0.05, 0) is 12.8 Å². The molecule has 6 heteroatoms. The lowest BCUT2D eigenvalue weighted by Gasteiger charge is -2.30. The fourth-order valence-electron chi connectivity index (χ4n) is 1.65. The molecular formula is C9H14N2O4. The van der Waals surface area contributed by atoms with Gasteiger partial charge in [0.2, 0.25) is 11.8 Å². The number of carbonyl (C=O) groups is 3. The second kappa shape index (κ2) is 4.77. The minimum Gasteiger partial charge on any atom is -0.481 e. The second-order valence-electron chi connectivity index (χ2n) is 3.63. The molecular weight excluding hydrogens is 200 g/mol. The Balaban J connectivity index is 2.40. The predicted octanol–water partition coefficient (Wildman–Crippen LogP) is -0.815. The van der Waals surface area contributed by atoms with Crippen LogP contribution in [0, 0.1) is 5.92 Å². The highest BCUT2D eigenvalue weighted by molar-refractivity contribution is 5.93. The van der Waals surface area contributed by atoms with Crippen LogP contribution in [0.25, 0.3) is 0 Å². The molecule has 0 bridgehead atoms. The minimum atomic E-state index is -1.13. The van der Waals surface area contributed by atoms with Gasteiger partial charge in [-0.25, -0.2) is 0 Å². The highest BCUT2D eigenvalue weighted by Crippen LogP contribution is 2.17. The molecule has 0 atom stereocenters. The summed E-state index contributed by atoms with van der Waals surface area (Å²) < 4.78 is 0. The summed E-state index contributed by atoms with van der Waals surface area (Å²) in [5.41, 5.74) is 5.13. The Morgan fingerprint density at radius 2 is 1.80 bits per heavy atom. The van der Waals surface area contributed by atoms with Crippen molar-refractivity contribution in [3.05, 3.63) is 0 Å². The first kappa shape index (κ1) is 11.5. The molecule has 15 heavy (non-hydrogen) atoms. The van der Waals surface area contributed by atoms with E-state index in [9.17, 15) is 14.4 Å². The predicted molar refractivity (Wildman–Crippen MR) is 50.8 cm³/mol. The number of carboxylic acids is 1. The standard InChI is InChI=1S/C9H14N2O4/c10-9(15)6-1-3-11(4-2-6)7(12)5-8(13)14/h6H,1-5H2,(H2,10,15)(H,13,14). The minimum absolute atomic E-state index is 0.182. The molecule has 1 aliphatic rings. The maximum absolute atomic E-state index is 11.3. The summed E-state index contributed by atoms with van der Waals surface area (Å²) >= 11 is 0. The van der Waals surface area contributed by atoms with Crippen molar-refractivity contribution in [2.45, 2.75) is 19.3 Å². The molecule has 1 heterocycles. The number of rotatable bonds is 3. The van der Waals surface area contributed by atoms with E-state index in [-0.39, 0.29) is 11.8 Å². The van der Waals surface area contributed by atoms with Crippen molar-refractivity contribution in [3.63, 3.8) is 0 Å². The number of carboxylic acid groups (broad SMARTS) is 1. The van der Waals surface area contributed by atoms with Gasteiger partial charge in [-0.3, -0.25) is 14.4 Å². The van der Waals surface area contributed by atoms with E-state index in [1.54, 1.807) is 0 Å². The zero-order valence-corrected chi connectivity index (χ0v) is 8.31. The van der Waals surface area contributed by atoms with Gasteiger partial charge in [0.1, 0.15) is 6.42 Å². The third-order valence-corrected chi connectivity index (χ3v) is 2.55. The zero-order valence-electron chi connectivity index (χ0n) is 8.31. The van der Waals surface area contributed by atoms with Crippen molar-refractivity contribution in [1.82, 2.24) is 4.90 Å². The summed E-state index contributed by atoms with van der Waals surface area (Å²) in [4.78, 5) is 33.9. The molecule has 0 unspecified atom stereocenters. The molecule has 84 valence electrons. The molecule has 3 N–H and O–H groups in total. The van der Waals surface area contributed by atoms with E-state index in [1.165, 1.54) is 4.90 Å². The highest BCUT2D eigenvalue weighted by atomic mass is 16.4. The maximum Gasteiger partial charge on any atom is 0.312 e. The first-order chi connectivity index (χ1) is 7.00. The van der Waals surface area contributed by atoms with Gasteiger partial charge in [-0.2, -0.15) is 0 Å². The van der Waals surface area contributed by atoms with Gasteiger partial charge in [-0.1, -0.05) is 0 Å². The van der Waals surface area contributed by atoms with Crippen LogP contribution in [0.1, 0.15) is 19.3 Å². The molecule has 0 saturated carbocycles. The van der Waals surface area contributed by atoms with Gasteiger partial charge in [0.05, 0.1) is 0 Å². The van der Waals surface area contributed by atoms with Crippen molar-refractivity contribution < 1.29 is 19.5 Å². The number of nitrogens with two attached hydrogens (primary N) is 1. The first-order valence-corrected chi connectivity index (χ1v) is 4.79. The fourth-order valence-corrected chi connectivity index (χ4v) is 1.65. The normalized spacial score (nSPS) is 17.5. The second-order valence-corrected chi connectivity index (χ2v) is 3.63. The number of hydrogen-bond donors (Lipinski definition) is 2. The van der Waals surface area contributed by atoms with Crippen molar-refractivity contribution in [2.75, 3.05) is 13.1 Å². The van der Waals surface area contributed by atoms with Gasteiger partial charge in [0, 0.05) is 19.0 Å². The van der Waals surface area contributed by atoms with E-state index >= 15 is 0 Å². The van der Waals surface area contributed by atoms with Crippen LogP contribution in [0.4, 0.5) is 0 Å². The van der Waals surface area contributed by atoms with Crippen LogP contribution >= 0.6 is 0 Å². The third-order valence-electron chi connectivity index (χ3n) is 2.55. The Labute approximate surface area is 87.0 Å². The monoisotopic (exact) mass is 214 g/mol. The van der Waals surface area contributed by atoms with Crippen molar-refractivity contribution >= 4 is 17.8 Å². The molecule has 0 aliphatic carbocycles. The molecule has 1 rings (SSSR count). The number of primary amides is 1. The van der Waals surface area contributed by atoms with Gasteiger partial charge in [0.25, 0.3) is 0 Å². The Hall–Kier alpha value is -1.59.